The van der Waals surface area contributed by atoms with E-state index in [0.29, 0.717) is 21.7 Å². The molecule has 1 heterocycles. The maximum Gasteiger partial charge on any atom is 0.430 e. The summed E-state index contributed by atoms with van der Waals surface area (Å²) in [6, 6.07) is 4.57. The van der Waals surface area contributed by atoms with Crippen molar-refractivity contribution in [3.05, 3.63) is 45.6 Å². The van der Waals surface area contributed by atoms with Crippen LogP contribution in [0.3, 0.4) is 0 Å². The average molecular weight is 376 g/mol. The minimum Gasteiger partial charge on any atom is -0.395 e. The first-order valence-corrected chi connectivity index (χ1v) is 7.86. The number of benzene rings is 1. The van der Waals surface area contributed by atoms with E-state index in [0.717, 1.165) is 10.6 Å². The zero-order valence-corrected chi connectivity index (χ0v) is 14.2. The van der Waals surface area contributed by atoms with Gasteiger partial charge in [0.15, 0.2) is 0 Å². The largest absolute Gasteiger partial charge is 0.430 e. The Morgan fingerprint density at radius 2 is 2.04 bits per heavy atom. The Hall–Kier alpha value is -2.06. The third-order valence-corrected chi connectivity index (χ3v) is 4.54. The Kier molecular flexibility index (Phi) is 5.19. The summed E-state index contributed by atoms with van der Waals surface area (Å²) in [6.07, 6.45) is -4.45. The van der Waals surface area contributed by atoms with Crippen molar-refractivity contribution in [2.45, 2.75) is 20.0 Å². The van der Waals surface area contributed by atoms with Gasteiger partial charge in [-0.05, 0) is 32.0 Å². The first-order chi connectivity index (χ1) is 11.1. The van der Waals surface area contributed by atoms with E-state index in [1.54, 1.807) is 6.07 Å². The van der Waals surface area contributed by atoms with Gasteiger partial charge in [-0.25, -0.2) is 4.98 Å². The Morgan fingerprint density at radius 1 is 1.38 bits per heavy atom. The summed E-state index contributed by atoms with van der Waals surface area (Å²) in [5.41, 5.74) is 5.08. The maximum absolute atomic E-state index is 12.3. The second-order valence-corrected chi connectivity index (χ2v) is 6.55. The summed E-state index contributed by atoms with van der Waals surface area (Å²) < 4.78 is 37.0. The lowest BCUT2D eigenvalue weighted by atomic mass is 10.2. The summed E-state index contributed by atoms with van der Waals surface area (Å²) in [5, 5.41) is 3.41. The number of anilines is 1. The Balaban J connectivity index is 2.27. The summed E-state index contributed by atoms with van der Waals surface area (Å²) in [5.74, 6) is -0.982. The molecule has 0 fully saturated rings. The molecule has 0 saturated heterocycles. The van der Waals surface area contributed by atoms with Crippen LogP contribution in [0.5, 0.6) is 0 Å². The number of nitrogens with zero attached hydrogens (tertiary/aromatic N) is 1. The number of hydrogen-bond acceptors (Lipinski definition) is 4. The predicted molar refractivity (Wildman–Crippen MR) is 89.0 cm³/mol. The quantitative estimate of drug-likeness (QED) is 0.780. The minimum absolute atomic E-state index is 0.288. The fourth-order valence-corrected chi connectivity index (χ4v) is 2.96. The number of carbonyl (C=O) groups is 1. The van der Waals surface area contributed by atoms with Gasteiger partial charge in [-0.15, -0.1) is 11.3 Å². The lowest BCUT2D eigenvalue weighted by Gasteiger charge is -2.08. The van der Waals surface area contributed by atoms with E-state index in [1.165, 1.54) is 23.5 Å². The van der Waals surface area contributed by atoms with Crippen LogP contribution in [-0.4, -0.2) is 17.1 Å². The van der Waals surface area contributed by atoms with E-state index in [9.17, 15) is 18.0 Å². The van der Waals surface area contributed by atoms with Crippen molar-refractivity contribution in [3.8, 4) is 10.6 Å². The molecule has 1 amide bonds. The Bertz CT molecular complexity index is 795. The van der Waals surface area contributed by atoms with Gasteiger partial charge in [-0.3, -0.25) is 4.79 Å². The molecule has 0 atom stereocenters. The Labute approximate surface area is 145 Å². The molecule has 0 aliphatic rings. The lowest BCUT2D eigenvalue weighted by molar-refractivity contribution is -0.113. The van der Waals surface area contributed by atoms with E-state index < -0.39 is 17.8 Å². The third kappa shape index (κ3) is 4.27. The highest BCUT2D eigenvalue weighted by Gasteiger charge is 2.32. The first kappa shape index (κ1) is 18.3. The first-order valence-electron chi connectivity index (χ1n) is 6.67. The van der Waals surface area contributed by atoms with Crippen LogP contribution < -0.4 is 11.1 Å². The SMILES string of the molecule is Cc1nc(-c2cc(NC(=O)/C=C(\N)C(F)(F)F)ccc2Cl)sc1C. The molecule has 0 aliphatic heterocycles. The van der Waals surface area contributed by atoms with Crippen LogP contribution in [0, 0.1) is 13.8 Å². The van der Waals surface area contributed by atoms with E-state index in [2.05, 4.69) is 10.3 Å². The highest BCUT2D eigenvalue weighted by atomic mass is 35.5. The van der Waals surface area contributed by atoms with Crippen molar-refractivity contribution in [1.29, 1.82) is 0 Å². The molecule has 1 aromatic carbocycles. The van der Waals surface area contributed by atoms with Crippen LogP contribution in [0.15, 0.2) is 30.0 Å². The fourth-order valence-electron chi connectivity index (χ4n) is 1.76. The number of halogens is 4. The van der Waals surface area contributed by atoms with Gasteiger partial charge in [0.1, 0.15) is 10.7 Å². The van der Waals surface area contributed by atoms with Gasteiger partial charge in [0, 0.05) is 22.2 Å². The van der Waals surface area contributed by atoms with Crippen LogP contribution in [0.4, 0.5) is 18.9 Å². The molecule has 2 rings (SSSR count). The number of aryl methyl sites for hydroxylation is 2. The Morgan fingerprint density at radius 3 is 2.58 bits per heavy atom. The van der Waals surface area contributed by atoms with Gasteiger partial charge in [0.25, 0.3) is 0 Å². The molecule has 4 nitrogen and oxygen atoms in total. The number of nitrogens with one attached hydrogen (secondary N) is 1. The fraction of sp³-hybridized carbons (Fsp3) is 0.200. The van der Waals surface area contributed by atoms with Crippen LogP contribution in [-0.2, 0) is 4.79 Å². The van der Waals surface area contributed by atoms with Gasteiger partial charge in [-0.1, -0.05) is 11.6 Å². The maximum atomic E-state index is 12.3. The van der Waals surface area contributed by atoms with Gasteiger partial charge >= 0.3 is 6.18 Å². The zero-order chi connectivity index (χ0) is 18.1. The topological polar surface area (TPSA) is 68.0 Å². The molecule has 24 heavy (non-hydrogen) atoms. The molecule has 1 aromatic heterocycles. The predicted octanol–water partition coefficient (Wildman–Crippen LogP) is 4.42. The van der Waals surface area contributed by atoms with Crippen LogP contribution in [0.2, 0.25) is 5.02 Å². The van der Waals surface area contributed by atoms with Crippen molar-refractivity contribution < 1.29 is 18.0 Å². The molecule has 0 aliphatic carbocycles. The number of allylic oxidation sites excluding steroid dienone is 1. The number of carbonyl (C=O) groups excluding carboxylic acids is 1. The van der Waals surface area contributed by atoms with Gasteiger partial charge in [-0.2, -0.15) is 13.2 Å². The molecule has 128 valence electrons. The molecule has 0 radical (unpaired) electrons. The number of thiazole rings is 1. The highest BCUT2D eigenvalue weighted by molar-refractivity contribution is 7.15. The van der Waals surface area contributed by atoms with E-state index in [4.69, 9.17) is 17.3 Å². The molecule has 0 unspecified atom stereocenters. The summed E-state index contributed by atoms with van der Waals surface area (Å²) >= 11 is 7.58. The minimum atomic E-state index is -4.75. The normalized spacial score (nSPS) is 12.3. The number of hydrogen-bond donors (Lipinski definition) is 2. The number of aromatic nitrogens is 1. The van der Waals surface area contributed by atoms with E-state index in [1.807, 2.05) is 13.8 Å². The molecular formula is C15H13ClF3N3OS. The number of rotatable bonds is 3. The number of amides is 1. The van der Waals surface area contributed by atoms with Crippen LogP contribution in [0.25, 0.3) is 10.6 Å². The second-order valence-electron chi connectivity index (χ2n) is 4.94. The summed E-state index contributed by atoms with van der Waals surface area (Å²) in [7, 11) is 0. The van der Waals surface area contributed by atoms with Crippen molar-refractivity contribution in [2.24, 2.45) is 5.73 Å². The smallest absolute Gasteiger partial charge is 0.395 e. The standard InChI is InChI=1S/C15H13ClF3N3OS/c1-7-8(2)24-14(21-7)10-5-9(3-4-11(10)16)22-13(23)6-12(20)15(17,18)19/h3-6H,20H2,1-2H3,(H,22,23)/b12-6-. The van der Waals surface area contributed by atoms with Crippen molar-refractivity contribution in [2.75, 3.05) is 5.32 Å². The summed E-state index contributed by atoms with van der Waals surface area (Å²) in [6.45, 7) is 3.78. The molecule has 0 bridgehead atoms. The van der Waals surface area contributed by atoms with E-state index in [-0.39, 0.29) is 5.69 Å². The molecule has 0 spiro atoms. The number of alkyl halides is 3. The third-order valence-electron chi connectivity index (χ3n) is 3.11. The molecule has 9 heteroatoms. The lowest BCUT2D eigenvalue weighted by Crippen LogP contribution is -2.22. The van der Waals surface area contributed by atoms with Crippen molar-refractivity contribution >= 4 is 34.5 Å². The number of nitrogens with two attached hydrogens (primary N) is 1. The van der Waals surface area contributed by atoms with Gasteiger partial charge in [0.2, 0.25) is 5.91 Å². The van der Waals surface area contributed by atoms with Crippen molar-refractivity contribution in [1.82, 2.24) is 4.98 Å². The molecular weight excluding hydrogens is 363 g/mol. The monoisotopic (exact) mass is 375 g/mol. The average Bonchev–Trinajstić information content (AvgIpc) is 2.79. The van der Waals surface area contributed by atoms with Crippen molar-refractivity contribution in [3.63, 3.8) is 0 Å². The van der Waals surface area contributed by atoms with Crippen LogP contribution >= 0.6 is 22.9 Å². The zero-order valence-electron chi connectivity index (χ0n) is 12.7. The molecule has 0 saturated carbocycles. The summed E-state index contributed by atoms with van der Waals surface area (Å²) in [4.78, 5) is 17.1. The van der Waals surface area contributed by atoms with Gasteiger partial charge < -0.3 is 11.1 Å². The molecule has 3 N–H and O–H groups in total. The van der Waals surface area contributed by atoms with Gasteiger partial charge in [0.05, 0.1) is 10.7 Å². The van der Waals surface area contributed by atoms with Crippen LogP contribution in [0.1, 0.15) is 10.6 Å². The molecule has 2 aromatic rings. The highest BCUT2D eigenvalue weighted by Crippen LogP contribution is 2.34. The second kappa shape index (κ2) is 6.82. The van der Waals surface area contributed by atoms with E-state index >= 15 is 0 Å².